The number of benzene rings is 2. The Morgan fingerprint density at radius 1 is 1.12 bits per heavy atom. The topological polar surface area (TPSA) is 99.6 Å². The van der Waals surface area contributed by atoms with Crippen LogP contribution in [0.4, 0.5) is 5.69 Å². The van der Waals surface area contributed by atoms with Crippen LogP contribution in [0.5, 0.6) is 0 Å². The van der Waals surface area contributed by atoms with Crippen LogP contribution in [-0.2, 0) is 0 Å². The normalized spacial score (nSPS) is 11.0. The third-order valence-corrected chi connectivity index (χ3v) is 5.13. The van der Waals surface area contributed by atoms with Gasteiger partial charge in [0.05, 0.1) is 26.4 Å². The molecule has 0 N–H and O–H groups in total. The fraction of sp³-hybridized carbons (Fsp3) is 0. The minimum atomic E-state index is -0.403. The molecule has 0 saturated carbocycles. The SMILES string of the molecule is O=[N+]([O-])c1c(Sc2nnnn2-c2ccc(Br)cc2)ccc2ncccc12. The highest BCUT2D eigenvalue weighted by Gasteiger charge is 2.22. The van der Waals surface area contributed by atoms with Crippen LogP contribution >= 0.6 is 27.7 Å². The van der Waals surface area contributed by atoms with E-state index in [0.29, 0.717) is 21.0 Å². The van der Waals surface area contributed by atoms with Crippen molar-refractivity contribution in [2.45, 2.75) is 10.1 Å². The molecule has 0 aliphatic rings. The van der Waals surface area contributed by atoms with Gasteiger partial charge in [0.1, 0.15) is 0 Å². The van der Waals surface area contributed by atoms with Crippen LogP contribution in [0, 0.1) is 10.1 Å². The summed E-state index contributed by atoms with van der Waals surface area (Å²) in [5, 5.41) is 24.3. The second-order valence-corrected chi connectivity index (χ2v) is 7.12. The molecule has 0 unspecified atom stereocenters. The fourth-order valence-corrected chi connectivity index (χ4v) is 3.66. The van der Waals surface area contributed by atoms with Crippen molar-refractivity contribution < 1.29 is 4.92 Å². The zero-order chi connectivity index (χ0) is 18.1. The maximum Gasteiger partial charge on any atom is 0.292 e. The third kappa shape index (κ3) is 3.04. The van der Waals surface area contributed by atoms with Crippen LogP contribution in [0.25, 0.3) is 16.6 Å². The minimum absolute atomic E-state index is 0.00837. The summed E-state index contributed by atoms with van der Waals surface area (Å²) in [7, 11) is 0. The monoisotopic (exact) mass is 428 g/mol. The first kappa shape index (κ1) is 16.6. The van der Waals surface area contributed by atoms with Gasteiger partial charge in [0.25, 0.3) is 5.69 Å². The molecule has 0 bridgehead atoms. The van der Waals surface area contributed by atoms with Gasteiger partial charge < -0.3 is 0 Å². The van der Waals surface area contributed by atoms with E-state index in [4.69, 9.17) is 0 Å². The van der Waals surface area contributed by atoms with Gasteiger partial charge in [-0.1, -0.05) is 15.9 Å². The number of pyridine rings is 1. The number of halogens is 1. The lowest BCUT2D eigenvalue weighted by atomic mass is 10.2. The number of tetrazole rings is 1. The van der Waals surface area contributed by atoms with Crippen molar-refractivity contribution in [3.8, 4) is 5.69 Å². The molecule has 0 aliphatic heterocycles. The number of aromatic nitrogens is 5. The lowest BCUT2D eigenvalue weighted by Gasteiger charge is -2.06. The largest absolute Gasteiger partial charge is 0.292 e. The van der Waals surface area contributed by atoms with Crippen LogP contribution in [0.2, 0.25) is 0 Å². The molecule has 0 aliphatic carbocycles. The number of fused-ring (bicyclic) bond motifs is 1. The van der Waals surface area contributed by atoms with Gasteiger partial charge in [0.15, 0.2) is 0 Å². The zero-order valence-electron chi connectivity index (χ0n) is 13.0. The molecule has 10 heteroatoms. The van der Waals surface area contributed by atoms with Gasteiger partial charge in [0, 0.05) is 10.7 Å². The molecule has 0 spiro atoms. The second-order valence-electron chi connectivity index (χ2n) is 5.19. The standard InChI is InChI=1S/C16H9BrN6O2S/c17-10-3-5-11(6-4-10)22-16(19-20-21-22)26-14-8-7-13-12(2-1-9-18-13)15(14)23(24)25/h1-9H. The van der Waals surface area contributed by atoms with Crippen molar-refractivity contribution in [3.63, 3.8) is 0 Å². The summed E-state index contributed by atoms with van der Waals surface area (Å²) in [5.74, 6) is 0. The lowest BCUT2D eigenvalue weighted by Crippen LogP contribution is -1.99. The molecule has 0 atom stereocenters. The molecular formula is C16H9BrN6O2S. The molecule has 0 fully saturated rings. The molecule has 0 saturated heterocycles. The van der Waals surface area contributed by atoms with E-state index in [1.807, 2.05) is 24.3 Å². The van der Waals surface area contributed by atoms with Crippen molar-refractivity contribution in [1.82, 2.24) is 25.2 Å². The van der Waals surface area contributed by atoms with Gasteiger partial charge in [-0.3, -0.25) is 15.1 Å². The Bertz CT molecular complexity index is 1120. The molecule has 26 heavy (non-hydrogen) atoms. The Kier molecular flexibility index (Phi) is 4.35. The summed E-state index contributed by atoms with van der Waals surface area (Å²) < 4.78 is 2.47. The van der Waals surface area contributed by atoms with E-state index >= 15 is 0 Å². The predicted molar refractivity (Wildman–Crippen MR) is 99.4 cm³/mol. The molecule has 2 aromatic heterocycles. The molecule has 2 heterocycles. The molecule has 4 aromatic rings. The first-order valence-corrected chi connectivity index (χ1v) is 8.99. The lowest BCUT2D eigenvalue weighted by molar-refractivity contribution is -0.385. The highest BCUT2D eigenvalue weighted by atomic mass is 79.9. The van der Waals surface area contributed by atoms with Crippen LogP contribution in [0.3, 0.4) is 0 Å². The van der Waals surface area contributed by atoms with Crippen LogP contribution in [0.1, 0.15) is 0 Å². The highest BCUT2D eigenvalue weighted by Crippen LogP contribution is 2.38. The van der Waals surface area contributed by atoms with E-state index in [1.54, 1.807) is 30.5 Å². The summed E-state index contributed by atoms with van der Waals surface area (Å²) in [4.78, 5) is 15.9. The average Bonchev–Trinajstić information content (AvgIpc) is 3.10. The van der Waals surface area contributed by atoms with Gasteiger partial charge in [-0.2, -0.15) is 4.68 Å². The van der Waals surface area contributed by atoms with E-state index in [0.717, 1.165) is 21.9 Å². The van der Waals surface area contributed by atoms with Crippen molar-refractivity contribution in [2.24, 2.45) is 0 Å². The fourth-order valence-electron chi connectivity index (χ4n) is 2.47. The van der Waals surface area contributed by atoms with Gasteiger partial charge in [-0.05, 0) is 70.7 Å². The number of nitro groups is 1. The van der Waals surface area contributed by atoms with E-state index < -0.39 is 4.92 Å². The summed E-state index contributed by atoms with van der Waals surface area (Å²) in [6.07, 6.45) is 1.60. The third-order valence-electron chi connectivity index (χ3n) is 3.62. The number of hydrogen-bond acceptors (Lipinski definition) is 7. The Balaban J connectivity index is 1.79. The van der Waals surface area contributed by atoms with Crippen molar-refractivity contribution in [3.05, 3.63) is 69.3 Å². The molecule has 8 nitrogen and oxygen atoms in total. The Morgan fingerprint density at radius 3 is 2.69 bits per heavy atom. The van der Waals surface area contributed by atoms with Gasteiger partial charge in [-0.25, -0.2) is 0 Å². The smallest absolute Gasteiger partial charge is 0.258 e. The summed E-state index contributed by atoms with van der Waals surface area (Å²) in [5.41, 5.74) is 1.31. The zero-order valence-corrected chi connectivity index (χ0v) is 15.4. The molecular weight excluding hydrogens is 420 g/mol. The maximum atomic E-state index is 11.7. The second kappa shape index (κ2) is 6.81. The Labute approximate surface area is 159 Å². The number of nitro benzene ring substituents is 1. The molecule has 128 valence electrons. The van der Waals surface area contributed by atoms with Crippen molar-refractivity contribution in [1.29, 1.82) is 0 Å². The minimum Gasteiger partial charge on any atom is -0.258 e. The first-order valence-electron chi connectivity index (χ1n) is 7.38. The maximum absolute atomic E-state index is 11.7. The molecule has 0 amide bonds. The van der Waals surface area contributed by atoms with Crippen LogP contribution < -0.4 is 0 Å². The average molecular weight is 429 g/mol. The van der Waals surface area contributed by atoms with Crippen LogP contribution in [-0.4, -0.2) is 30.1 Å². The van der Waals surface area contributed by atoms with Crippen LogP contribution in [0.15, 0.2) is 69.3 Å². The Hall–Kier alpha value is -2.85. The number of hydrogen-bond donors (Lipinski definition) is 0. The number of rotatable bonds is 4. The molecule has 2 aromatic carbocycles. The Morgan fingerprint density at radius 2 is 1.92 bits per heavy atom. The number of nitrogens with zero attached hydrogens (tertiary/aromatic N) is 6. The van der Waals surface area contributed by atoms with Gasteiger partial charge in [0.2, 0.25) is 5.16 Å². The van der Waals surface area contributed by atoms with E-state index in [-0.39, 0.29) is 5.69 Å². The summed E-state index contributed by atoms with van der Waals surface area (Å²) in [6.45, 7) is 0. The highest BCUT2D eigenvalue weighted by molar-refractivity contribution is 9.10. The predicted octanol–water partition coefficient (Wildman–Crippen LogP) is 4.03. The summed E-state index contributed by atoms with van der Waals surface area (Å²) in [6, 6.07) is 14.2. The summed E-state index contributed by atoms with van der Waals surface area (Å²) >= 11 is 4.52. The van der Waals surface area contributed by atoms with E-state index in [1.165, 1.54) is 4.68 Å². The molecule has 4 rings (SSSR count). The van der Waals surface area contributed by atoms with Crippen molar-refractivity contribution >= 4 is 44.3 Å². The van der Waals surface area contributed by atoms with Gasteiger partial charge in [-0.15, -0.1) is 5.10 Å². The van der Waals surface area contributed by atoms with Crippen molar-refractivity contribution in [2.75, 3.05) is 0 Å². The van der Waals surface area contributed by atoms with E-state index in [9.17, 15) is 10.1 Å². The first-order chi connectivity index (χ1) is 12.6. The molecule has 0 radical (unpaired) electrons. The van der Waals surface area contributed by atoms with Gasteiger partial charge >= 0.3 is 0 Å². The quantitative estimate of drug-likeness (QED) is 0.357. The van der Waals surface area contributed by atoms with E-state index in [2.05, 4.69) is 36.4 Å².